The smallest absolute Gasteiger partial charge is 0.240 e. The zero-order chi connectivity index (χ0) is 50.4. The second kappa shape index (κ2) is 22.5. The van der Waals surface area contributed by atoms with Crippen LogP contribution >= 0.6 is 11.3 Å². The Morgan fingerprint density at radius 2 is 1.41 bits per heavy atom. The number of hydrogen-bond donors (Lipinski definition) is 2. The van der Waals surface area contributed by atoms with E-state index in [2.05, 4.69) is 121 Å². The summed E-state index contributed by atoms with van der Waals surface area (Å²) >= 11 is 1.29. The number of aromatic nitrogens is 4. The summed E-state index contributed by atoms with van der Waals surface area (Å²) in [5.74, 6) is 2.30. The fourth-order valence-electron chi connectivity index (χ4n) is 9.33. The van der Waals surface area contributed by atoms with E-state index in [0.29, 0.717) is 45.0 Å². The van der Waals surface area contributed by atoms with Crippen molar-refractivity contribution in [3.05, 3.63) is 98.7 Å². The maximum Gasteiger partial charge on any atom is 0.240 e. The molecule has 0 radical (unpaired) electrons. The van der Waals surface area contributed by atoms with Crippen LogP contribution in [0.1, 0.15) is 150 Å². The van der Waals surface area contributed by atoms with Crippen LogP contribution in [0.3, 0.4) is 0 Å². The van der Waals surface area contributed by atoms with Gasteiger partial charge in [-0.1, -0.05) is 134 Å². The highest BCUT2D eigenvalue weighted by Crippen LogP contribution is 2.42. The van der Waals surface area contributed by atoms with E-state index < -0.39 is 15.4 Å². The van der Waals surface area contributed by atoms with Crippen molar-refractivity contribution in [1.82, 2.24) is 24.5 Å². The molecule has 0 saturated heterocycles. The normalized spacial score (nSPS) is 13.1. The van der Waals surface area contributed by atoms with Crippen LogP contribution < -0.4 is 14.9 Å². The van der Waals surface area contributed by atoms with Crippen molar-refractivity contribution in [2.75, 3.05) is 23.3 Å². The number of hydrogen-bond acceptors (Lipinski definition) is 11. The van der Waals surface area contributed by atoms with Gasteiger partial charge in [-0.2, -0.15) is 15.0 Å². The third-order valence-corrected chi connectivity index (χ3v) is 15.5. The molecule has 0 aliphatic rings. The van der Waals surface area contributed by atoms with E-state index in [-0.39, 0.29) is 22.2 Å². The minimum Gasteiger partial charge on any atom is -0.338 e. The van der Waals surface area contributed by atoms with Crippen LogP contribution in [0.5, 0.6) is 0 Å². The Balaban J connectivity index is 1.51. The first-order valence-corrected chi connectivity index (χ1v) is 27.1. The Morgan fingerprint density at radius 3 is 1.99 bits per heavy atom. The van der Waals surface area contributed by atoms with E-state index in [9.17, 15) is 13.7 Å². The fourth-order valence-corrected chi connectivity index (χ4v) is 11.5. The van der Waals surface area contributed by atoms with Crippen LogP contribution in [0, 0.1) is 71.6 Å². The third kappa shape index (κ3) is 12.3. The molecule has 3 aromatic heterocycles. The number of azo groups is 1. The molecule has 2 N–H and O–H groups in total. The number of pyridine rings is 1. The Bertz CT molecular complexity index is 2930. The summed E-state index contributed by atoms with van der Waals surface area (Å²) in [6.45, 7) is 30.8. The Kier molecular flexibility index (Phi) is 17.2. The zero-order valence-corrected chi connectivity index (χ0v) is 45.2. The zero-order valence-electron chi connectivity index (χ0n) is 43.6. The molecular weight excluding hydrogens is 897 g/mol. The van der Waals surface area contributed by atoms with E-state index in [0.717, 1.165) is 91.8 Å². The predicted octanol–water partition coefficient (Wildman–Crippen LogP) is 15.2. The lowest BCUT2D eigenvalue weighted by Gasteiger charge is -2.32. The van der Waals surface area contributed by atoms with Gasteiger partial charge in [-0.25, -0.2) is 23.1 Å². The molecule has 0 aliphatic heterocycles. The Hall–Kier alpha value is -5.49. The van der Waals surface area contributed by atoms with Gasteiger partial charge in [-0.3, -0.25) is 0 Å². The quantitative estimate of drug-likeness (QED) is 0.0676. The van der Waals surface area contributed by atoms with Crippen LogP contribution in [0.4, 0.5) is 34.5 Å². The van der Waals surface area contributed by atoms with Gasteiger partial charge in [-0.05, 0) is 125 Å². The number of unbranched alkanes of at least 4 members (excludes halogenated alkanes) is 2. The topological polar surface area (TPSA) is 154 Å². The molecule has 6 rings (SSSR count). The average molecular weight is 971 g/mol. The number of nitrogens with zero attached hydrogens (tertiary/aromatic N) is 8. The predicted molar refractivity (Wildman–Crippen MR) is 287 cm³/mol. The van der Waals surface area contributed by atoms with Gasteiger partial charge in [0, 0.05) is 29.9 Å². The van der Waals surface area contributed by atoms with E-state index in [1.165, 1.54) is 33.6 Å². The fraction of sp³-hybridized carbons (Fsp3) is 0.491. The molecule has 0 fully saturated rings. The number of nitriles is 1. The summed E-state index contributed by atoms with van der Waals surface area (Å²) in [5.41, 5.74) is 11.3. The van der Waals surface area contributed by atoms with E-state index in [4.69, 9.17) is 25.3 Å². The summed E-state index contributed by atoms with van der Waals surface area (Å²) in [4.78, 5) is 13.0. The molecule has 0 saturated carbocycles. The van der Waals surface area contributed by atoms with E-state index in [1.54, 1.807) is 22.9 Å². The number of benzene rings is 3. The molecule has 0 aliphatic carbocycles. The van der Waals surface area contributed by atoms with E-state index >= 15 is 0 Å². The van der Waals surface area contributed by atoms with Gasteiger partial charge in [0.05, 0.1) is 20.8 Å². The van der Waals surface area contributed by atoms with Crippen LogP contribution in [0.25, 0.3) is 15.3 Å². The highest BCUT2D eigenvalue weighted by Gasteiger charge is 2.30. The van der Waals surface area contributed by atoms with Crippen molar-refractivity contribution in [1.29, 1.82) is 5.26 Å². The molecule has 6 aromatic rings. The van der Waals surface area contributed by atoms with Gasteiger partial charge in [0.1, 0.15) is 23.1 Å². The maximum absolute atomic E-state index is 13.6. The minimum atomic E-state index is -3.78. The minimum absolute atomic E-state index is 0.173. The Labute approximate surface area is 416 Å². The van der Waals surface area contributed by atoms with Gasteiger partial charge in [0.25, 0.3) is 0 Å². The van der Waals surface area contributed by atoms with Crippen LogP contribution in [-0.2, 0) is 15.4 Å². The lowest BCUT2D eigenvalue weighted by atomic mass is 9.90. The third-order valence-electron chi connectivity index (χ3n) is 13.1. The van der Waals surface area contributed by atoms with Gasteiger partial charge in [0.15, 0.2) is 11.6 Å². The number of thiazole rings is 1. The van der Waals surface area contributed by atoms with Crippen LogP contribution in [-0.4, -0.2) is 41.3 Å². The molecule has 12 nitrogen and oxygen atoms in total. The summed E-state index contributed by atoms with van der Waals surface area (Å²) < 4.78 is 32.3. The number of sulfonamides is 1. The standard InChI is InChI=1S/C55H74N10O2S2/c1-15-19-21-41(17-3)32-57-69(66,67)43-23-24-45-46(30-43)68-54(58-45)65-53(44(31-56)51(63-65)55(12,13)14)62-61-49-38(9)29-47(59-52(49)60-48-36(7)25-34(5)26-37(48)8)64(33-42(18-4)22-20-16-2)50-39(10)27-35(6)28-40(50)11/h23-30,41-42,57H,15-22,32-33H2,1-14H3,(H,59,60). The number of anilines is 4. The average Bonchev–Trinajstić information content (AvgIpc) is 3.89. The molecule has 2 unspecified atom stereocenters. The SMILES string of the molecule is CCCCC(CC)CNS(=O)(=O)c1ccc2nc(-n3nc(C(C)(C)C)c(C#N)c3N=Nc3c(C)cc(N(CC(CC)CCCC)c4c(C)cc(C)cc4C)nc3Nc3c(C)cc(C)cc3C)sc2c1. The molecule has 69 heavy (non-hydrogen) atoms. The second-order valence-electron chi connectivity index (χ2n) is 20.1. The highest BCUT2D eigenvalue weighted by atomic mass is 32.2. The van der Waals surface area contributed by atoms with Crippen molar-refractivity contribution in [2.45, 2.75) is 159 Å². The number of nitrogens with one attached hydrogen (secondary N) is 2. The monoisotopic (exact) mass is 971 g/mol. The first-order valence-electron chi connectivity index (χ1n) is 24.8. The summed E-state index contributed by atoms with van der Waals surface area (Å²) in [7, 11) is -3.78. The molecule has 368 valence electrons. The molecule has 3 aromatic carbocycles. The molecule has 0 amide bonds. The number of fused-ring (bicyclic) bond motifs is 1. The van der Waals surface area contributed by atoms with Gasteiger partial charge in [-0.15, -0.1) is 10.2 Å². The summed E-state index contributed by atoms with van der Waals surface area (Å²) in [6, 6.07) is 18.3. The summed E-state index contributed by atoms with van der Waals surface area (Å²) in [6.07, 6.45) is 8.50. The summed E-state index contributed by atoms with van der Waals surface area (Å²) in [5, 5.41) is 29.9. The van der Waals surface area contributed by atoms with Crippen molar-refractivity contribution in [3.8, 4) is 11.2 Å². The molecule has 14 heteroatoms. The lowest BCUT2D eigenvalue weighted by Crippen LogP contribution is -2.29. The maximum atomic E-state index is 13.6. The number of rotatable bonds is 21. The van der Waals surface area contributed by atoms with Crippen LogP contribution in [0.15, 0.2) is 63.7 Å². The van der Waals surface area contributed by atoms with Crippen molar-refractivity contribution >= 4 is 66.1 Å². The van der Waals surface area contributed by atoms with Crippen molar-refractivity contribution in [3.63, 3.8) is 0 Å². The Morgan fingerprint density at radius 1 is 0.797 bits per heavy atom. The van der Waals surface area contributed by atoms with Crippen LogP contribution in [0.2, 0.25) is 0 Å². The molecule has 0 spiro atoms. The van der Waals surface area contributed by atoms with Gasteiger partial charge < -0.3 is 10.2 Å². The lowest BCUT2D eigenvalue weighted by molar-refractivity contribution is 0.444. The van der Waals surface area contributed by atoms with Crippen molar-refractivity contribution in [2.24, 2.45) is 22.1 Å². The van der Waals surface area contributed by atoms with Crippen molar-refractivity contribution < 1.29 is 8.42 Å². The molecule has 2 atom stereocenters. The largest absolute Gasteiger partial charge is 0.338 e. The molecular formula is C55H74N10O2S2. The van der Waals surface area contributed by atoms with Gasteiger partial charge in [0.2, 0.25) is 15.2 Å². The first-order chi connectivity index (χ1) is 32.7. The highest BCUT2D eigenvalue weighted by molar-refractivity contribution is 7.89. The van der Waals surface area contributed by atoms with Gasteiger partial charge >= 0.3 is 0 Å². The van der Waals surface area contributed by atoms with E-state index in [1.807, 2.05) is 27.7 Å². The molecule has 0 bridgehead atoms. The first kappa shape index (κ1) is 52.9. The second-order valence-corrected chi connectivity index (χ2v) is 22.9. The molecule has 3 heterocycles. The number of aryl methyl sites for hydroxylation is 7.